The topological polar surface area (TPSA) is 48.4 Å². The Kier molecular flexibility index (Phi) is 9.55. The van der Waals surface area contributed by atoms with Gasteiger partial charge in [0.15, 0.2) is 5.78 Å². The number of alkyl halides is 1. The van der Waals surface area contributed by atoms with Crippen LogP contribution in [0.15, 0.2) is 45.8 Å². The van der Waals surface area contributed by atoms with Crippen LogP contribution in [0.5, 0.6) is 0 Å². The number of carbonyl (C=O) groups excluding carboxylic acids is 1. The summed E-state index contributed by atoms with van der Waals surface area (Å²) in [5.74, 6) is -0.403. The van der Waals surface area contributed by atoms with Gasteiger partial charge in [-0.25, -0.2) is 9.23 Å². The lowest BCUT2D eigenvalue weighted by molar-refractivity contribution is 0.102. The van der Waals surface area contributed by atoms with Gasteiger partial charge in [0.25, 0.3) is 0 Å². The van der Waals surface area contributed by atoms with Gasteiger partial charge in [0.1, 0.15) is 12.4 Å². The molecule has 8 heteroatoms. The van der Waals surface area contributed by atoms with Crippen LogP contribution in [0.1, 0.15) is 29.8 Å². The third-order valence-corrected chi connectivity index (χ3v) is 7.26. The van der Waals surface area contributed by atoms with Gasteiger partial charge in [0.2, 0.25) is 0 Å². The van der Waals surface area contributed by atoms with E-state index >= 15 is 4.39 Å². The van der Waals surface area contributed by atoms with E-state index in [1.165, 1.54) is 6.07 Å². The summed E-state index contributed by atoms with van der Waals surface area (Å²) in [6.07, 6.45) is 0. The first-order valence-electron chi connectivity index (χ1n) is 11.0. The number of hydrogen-bond acceptors (Lipinski definition) is 6. The van der Waals surface area contributed by atoms with Gasteiger partial charge in [0.05, 0.1) is 10.1 Å². The zero-order valence-corrected chi connectivity index (χ0v) is 21.2. The maximum absolute atomic E-state index is 15.1. The molecule has 1 aliphatic rings. The number of likely N-dealkylation sites (N-methyl/N-ethyl adjacent to an activating group) is 1. The van der Waals surface area contributed by atoms with Crippen LogP contribution in [-0.4, -0.2) is 61.4 Å². The summed E-state index contributed by atoms with van der Waals surface area (Å²) >= 11 is -0.821. The fraction of sp³-hybridized carbons (Fsp3) is 0.458. The van der Waals surface area contributed by atoms with Gasteiger partial charge in [-0.3, -0.25) is 4.79 Å². The summed E-state index contributed by atoms with van der Waals surface area (Å²) < 4.78 is 19.5. The van der Waals surface area contributed by atoms with Crippen LogP contribution in [0.3, 0.4) is 0 Å². The second kappa shape index (κ2) is 12.4. The first-order valence-corrected chi connectivity index (χ1v) is 13.5. The van der Waals surface area contributed by atoms with Crippen molar-refractivity contribution in [3.05, 3.63) is 59.4 Å². The molecule has 2 aromatic rings. The molecule has 0 aliphatic carbocycles. The van der Waals surface area contributed by atoms with Gasteiger partial charge in [-0.15, -0.1) is 3.31 Å². The maximum atomic E-state index is 15.1. The predicted octanol–water partition coefficient (Wildman–Crippen LogP) is 4.89. The summed E-state index contributed by atoms with van der Waals surface area (Å²) in [5, 5.41) is 0. The van der Waals surface area contributed by atoms with E-state index in [1.807, 2.05) is 36.4 Å². The van der Waals surface area contributed by atoms with E-state index in [0.717, 1.165) is 50.5 Å². The second-order valence-corrected chi connectivity index (χ2v) is 9.63. The van der Waals surface area contributed by atoms with E-state index < -0.39 is 21.0 Å². The lowest BCUT2D eigenvalue weighted by atomic mass is 10.1. The zero-order chi connectivity index (χ0) is 22.9. The van der Waals surface area contributed by atoms with Crippen molar-refractivity contribution in [3.63, 3.8) is 0 Å². The first kappa shape index (κ1) is 24.7. The van der Waals surface area contributed by atoms with Crippen molar-refractivity contribution in [3.8, 4) is 0 Å². The zero-order valence-electron chi connectivity index (χ0n) is 19.1. The van der Waals surface area contributed by atoms with E-state index in [-0.39, 0.29) is 16.0 Å². The molecule has 1 heterocycles. The van der Waals surface area contributed by atoms with Crippen molar-refractivity contribution in [2.24, 2.45) is 3.31 Å². The Morgan fingerprint density at radius 1 is 1.12 bits per heavy atom. The molecule has 0 N–H and O–H groups in total. The Labute approximate surface area is 200 Å². The van der Waals surface area contributed by atoms with Crippen LogP contribution >= 0.6 is 21.0 Å². The molecule has 3 rings (SSSR count). The lowest BCUT2D eigenvalue weighted by Crippen LogP contribution is -2.45. The minimum absolute atomic E-state index is 0.0735. The molecule has 0 bridgehead atoms. The molecule has 0 radical (unpaired) electrons. The quantitative estimate of drug-likeness (QED) is 0.181. The maximum Gasteiger partial charge on any atom is 0.175 e. The van der Waals surface area contributed by atoms with E-state index in [1.54, 1.807) is 0 Å². The minimum atomic E-state index is -0.821. The van der Waals surface area contributed by atoms with Crippen LogP contribution in [0, 0.1) is 5.82 Å². The summed E-state index contributed by atoms with van der Waals surface area (Å²) in [6.45, 7) is 9.36. The molecule has 2 aromatic carbocycles. The highest BCUT2D eigenvalue weighted by Crippen LogP contribution is 2.32. The van der Waals surface area contributed by atoms with Gasteiger partial charge in [0, 0.05) is 71.6 Å². The average molecular weight is 554 g/mol. The molecule has 32 heavy (non-hydrogen) atoms. The SMILES string of the molecule is CCN(CC)c1cc(N2CCN(C)CC2)c(F)cc1C(=O)CI=NOCc1ccccc1. The van der Waals surface area contributed by atoms with E-state index in [9.17, 15) is 4.79 Å². The highest BCUT2D eigenvalue weighted by Gasteiger charge is 2.23. The highest BCUT2D eigenvalue weighted by molar-refractivity contribution is 14.2. The number of anilines is 2. The number of carbonyl (C=O) groups is 1. The fourth-order valence-electron chi connectivity index (χ4n) is 3.75. The Morgan fingerprint density at radius 3 is 2.47 bits per heavy atom. The van der Waals surface area contributed by atoms with Crippen molar-refractivity contribution in [2.75, 3.05) is 60.5 Å². The molecule has 6 nitrogen and oxygen atoms in total. The lowest BCUT2D eigenvalue weighted by Gasteiger charge is -2.35. The molecule has 0 aromatic heterocycles. The van der Waals surface area contributed by atoms with Crippen molar-refractivity contribution >= 4 is 38.2 Å². The largest absolute Gasteiger partial charge is 0.371 e. The smallest absolute Gasteiger partial charge is 0.175 e. The molecule has 1 saturated heterocycles. The molecule has 0 saturated carbocycles. The Hall–Kier alpha value is -1.91. The first-order chi connectivity index (χ1) is 15.5. The van der Waals surface area contributed by atoms with Crippen LogP contribution < -0.4 is 9.80 Å². The van der Waals surface area contributed by atoms with Crippen LogP contribution in [0.2, 0.25) is 0 Å². The number of Topliss-reactive ketones (excluding diaryl/α,β-unsaturated/α-hetero) is 1. The number of ketones is 1. The molecular weight excluding hydrogens is 522 g/mol. The number of hydrogen-bond donors (Lipinski definition) is 0. The van der Waals surface area contributed by atoms with Gasteiger partial charge in [-0.2, -0.15) is 0 Å². The fourth-order valence-corrected chi connectivity index (χ4v) is 4.94. The second-order valence-electron chi connectivity index (χ2n) is 7.79. The molecule has 174 valence electrons. The van der Waals surface area contributed by atoms with Crippen LogP contribution in [0.4, 0.5) is 15.8 Å². The molecular formula is C24H32FIN4O2. The van der Waals surface area contributed by atoms with Crippen LogP contribution in [0.25, 0.3) is 0 Å². The van der Waals surface area contributed by atoms with Gasteiger partial charge in [-0.05, 0) is 38.6 Å². The number of rotatable bonds is 10. The Bertz CT molecular complexity index is 914. The third-order valence-electron chi connectivity index (χ3n) is 5.67. The highest BCUT2D eigenvalue weighted by atomic mass is 127. The normalized spacial score (nSPS) is 15.1. The average Bonchev–Trinajstić information content (AvgIpc) is 2.81. The van der Waals surface area contributed by atoms with Crippen LogP contribution in [-0.2, 0) is 11.4 Å². The van der Waals surface area contributed by atoms with E-state index in [2.05, 4.69) is 38.9 Å². The molecule has 0 spiro atoms. The number of benzene rings is 2. The van der Waals surface area contributed by atoms with E-state index in [4.69, 9.17) is 4.84 Å². The standard InChI is InChI=1S/C24H32FIN4O2/c1-4-29(5-2)22-16-23(30-13-11-28(3)12-14-30)21(25)15-20(22)24(31)17-26-27-32-18-19-9-7-6-8-10-19/h6-10,15-16H,4-5,11-14,17-18H2,1-3H3. The predicted molar refractivity (Wildman–Crippen MR) is 137 cm³/mol. The number of halogens is 2. The Morgan fingerprint density at radius 2 is 1.81 bits per heavy atom. The molecule has 0 amide bonds. The molecule has 0 atom stereocenters. The number of piperazine rings is 1. The van der Waals surface area contributed by atoms with Crippen molar-refractivity contribution in [1.29, 1.82) is 0 Å². The van der Waals surface area contributed by atoms with Gasteiger partial charge in [-0.1, -0.05) is 30.3 Å². The summed E-state index contributed by atoms with van der Waals surface area (Å²) in [7, 11) is 2.08. The monoisotopic (exact) mass is 554 g/mol. The Balaban J connectivity index is 1.74. The molecule has 1 fully saturated rings. The summed E-state index contributed by atoms with van der Waals surface area (Å²) in [5.41, 5.74) is 2.88. The molecule has 1 aliphatic heterocycles. The van der Waals surface area contributed by atoms with Gasteiger partial charge >= 0.3 is 0 Å². The summed E-state index contributed by atoms with van der Waals surface area (Å²) in [4.78, 5) is 24.8. The van der Waals surface area contributed by atoms with Gasteiger partial charge < -0.3 is 14.7 Å². The number of nitrogens with zero attached hydrogens (tertiary/aromatic N) is 4. The van der Waals surface area contributed by atoms with E-state index in [0.29, 0.717) is 17.9 Å². The van der Waals surface area contributed by atoms with Crippen molar-refractivity contribution in [1.82, 2.24) is 4.90 Å². The molecule has 0 unspecified atom stereocenters. The van der Waals surface area contributed by atoms with Crippen molar-refractivity contribution in [2.45, 2.75) is 20.5 Å². The third kappa shape index (κ3) is 6.55. The van der Waals surface area contributed by atoms with Crippen molar-refractivity contribution < 1.29 is 14.0 Å². The summed E-state index contributed by atoms with van der Waals surface area (Å²) in [6, 6.07) is 13.1. The minimum Gasteiger partial charge on any atom is -0.371 e.